The lowest BCUT2D eigenvalue weighted by atomic mass is 9.78. The molecule has 0 radical (unpaired) electrons. The van der Waals surface area contributed by atoms with E-state index in [1.165, 1.54) is 185 Å². The summed E-state index contributed by atoms with van der Waals surface area (Å²) in [5, 5.41) is 22.9. The third-order valence-corrected chi connectivity index (χ3v) is 21.9. The van der Waals surface area contributed by atoms with Crippen molar-refractivity contribution < 1.29 is 38.9 Å². The summed E-state index contributed by atoms with van der Waals surface area (Å²) >= 11 is 3.46. The minimum atomic E-state index is -1.21. The Hall–Kier alpha value is -3.38. The van der Waals surface area contributed by atoms with Gasteiger partial charge in [-0.25, -0.2) is 4.79 Å². The van der Waals surface area contributed by atoms with Crippen LogP contribution in [-0.2, 0) is 58.4 Å². The van der Waals surface area contributed by atoms with E-state index in [1.807, 2.05) is 38.1 Å². The Morgan fingerprint density at radius 1 is 0.436 bits per heavy atom. The molecule has 2 aromatic rings. The number of imide groups is 1. The summed E-state index contributed by atoms with van der Waals surface area (Å²) in [6, 6.07) is 7.60. The van der Waals surface area contributed by atoms with Gasteiger partial charge in [-0.1, -0.05) is 321 Å². The minimum absolute atomic E-state index is 0.0584. The number of esters is 2. The van der Waals surface area contributed by atoms with Crippen LogP contribution in [0.3, 0.4) is 0 Å². The highest BCUT2D eigenvalue weighted by Crippen LogP contribution is 2.42. The number of phenols is 2. The number of aryl methyl sites for hydroxylation is 2. The standard InChI is InChI=1S/C82H142N2O8S2/c1-17-20-22-24-26-28-30-32-34-36-38-40-42-44-46-48-54-93-62-66(91-72(85)52-50-64-56-68(78(4,5)6)74(87)69(57-64)79(7,8)9)60-83-76(89)82(16,19-3)84(77(83)90)61-67(63-94-55-49-47-45-43-41-39-37-35-33-31-29-27-25-23-21-18-2)92-73(86)53-51-65-58-70(80(10,11)12)75(88)71(59-65)81(13,14)15/h56-59,66-67,87-88H,17-55,60-63H2,1-16H3. The van der Waals surface area contributed by atoms with E-state index in [2.05, 4.69) is 96.9 Å². The molecule has 0 saturated carbocycles. The average molecular weight is 1350 g/mol. The van der Waals surface area contributed by atoms with E-state index in [0.717, 1.165) is 70.6 Å². The van der Waals surface area contributed by atoms with Crippen molar-refractivity contribution in [3.63, 3.8) is 0 Å². The molecule has 12 heteroatoms. The van der Waals surface area contributed by atoms with E-state index in [0.29, 0.717) is 42.3 Å². The van der Waals surface area contributed by atoms with Gasteiger partial charge in [-0.15, -0.1) is 0 Å². The second kappa shape index (κ2) is 44.6. The first-order valence-corrected chi connectivity index (χ1v) is 40.7. The maximum absolute atomic E-state index is 15.0. The van der Waals surface area contributed by atoms with Crippen LogP contribution < -0.4 is 0 Å². The number of aromatic hydroxyl groups is 2. The third-order valence-electron chi connectivity index (χ3n) is 19.5. The minimum Gasteiger partial charge on any atom is -0.507 e. The van der Waals surface area contributed by atoms with E-state index < -0.39 is 29.7 Å². The fourth-order valence-corrected chi connectivity index (χ4v) is 15.2. The number of carbonyl (C=O) groups is 4. The number of hydrogen-bond acceptors (Lipinski definition) is 10. The monoisotopic (exact) mass is 1350 g/mol. The van der Waals surface area contributed by atoms with Crippen LogP contribution in [0.1, 0.15) is 369 Å². The first-order valence-electron chi connectivity index (χ1n) is 38.4. The van der Waals surface area contributed by atoms with Crippen molar-refractivity contribution in [3.8, 4) is 11.5 Å². The molecule has 0 aliphatic carbocycles. The maximum atomic E-state index is 15.0. The molecule has 10 nitrogen and oxygen atoms in total. The summed E-state index contributed by atoms with van der Waals surface area (Å²) in [5.74, 6) is 2.22. The number of amides is 3. The molecule has 2 N–H and O–H groups in total. The summed E-state index contributed by atoms with van der Waals surface area (Å²) in [4.78, 5) is 61.1. The molecule has 1 fully saturated rings. The Morgan fingerprint density at radius 2 is 0.702 bits per heavy atom. The van der Waals surface area contributed by atoms with Crippen LogP contribution in [0.2, 0.25) is 0 Å². The number of thioether (sulfide) groups is 2. The number of phenolic OH excluding ortho intramolecular Hbond substituents is 2. The largest absolute Gasteiger partial charge is 0.507 e. The van der Waals surface area contributed by atoms with E-state index in [-0.39, 0.29) is 59.5 Å². The molecule has 1 heterocycles. The van der Waals surface area contributed by atoms with Gasteiger partial charge in [0.15, 0.2) is 0 Å². The summed E-state index contributed by atoms with van der Waals surface area (Å²) in [6.45, 7) is 33.3. The van der Waals surface area contributed by atoms with Gasteiger partial charge in [-0.2, -0.15) is 23.5 Å². The van der Waals surface area contributed by atoms with E-state index in [4.69, 9.17) is 9.47 Å². The van der Waals surface area contributed by atoms with Gasteiger partial charge in [-0.3, -0.25) is 19.3 Å². The van der Waals surface area contributed by atoms with Crippen LogP contribution in [0.15, 0.2) is 24.3 Å². The van der Waals surface area contributed by atoms with Crippen molar-refractivity contribution in [1.82, 2.24) is 9.80 Å². The van der Waals surface area contributed by atoms with Crippen LogP contribution in [0.4, 0.5) is 4.79 Å². The fraction of sp³-hybridized carbons (Fsp3) is 0.805. The summed E-state index contributed by atoms with van der Waals surface area (Å²) in [7, 11) is 0. The Morgan fingerprint density at radius 3 is 0.968 bits per heavy atom. The Balaban J connectivity index is 1.77. The predicted octanol–water partition coefficient (Wildman–Crippen LogP) is 23.1. The smallest absolute Gasteiger partial charge is 0.327 e. The maximum Gasteiger partial charge on any atom is 0.327 e. The molecule has 1 saturated heterocycles. The van der Waals surface area contributed by atoms with Crippen molar-refractivity contribution in [2.75, 3.05) is 36.1 Å². The number of rotatable bonds is 51. The lowest BCUT2D eigenvalue weighted by Crippen LogP contribution is -2.50. The predicted molar refractivity (Wildman–Crippen MR) is 404 cm³/mol. The summed E-state index contributed by atoms with van der Waals surface area (Å²) in [5.41, 5.74) is 2.79. The lowest BCUT2D eigenvalue weighted by molar-refractivity contribution is -0.150. The molecule has 3 atom stereocenters. The van der Waals surface area contributed by atoms with Crippen molar-refractivity contribution >= 4 is 47.4 Å². The average Bonchev–Trinajstić information content (AvgIpc) is 1.49. The van der Waals surface area contributed by atoms with Crippen LogP contribution in [0, 0.1) is 0 Å². The second-order valence-electron chi connectivity index (χ2n) is 32.5. The van der Waals surface area contributed by atoms with Gasteiger partial charge in [0, 0.05) is 24.3 Å². The number of ether oxygens (including phenoxy) is 2. The molecular weight excluding hydrogens is 1210 g/mol. The van der Waals surface area contributed by atoms with Gasteiger partial charge >= 0.3 is 18.0 Å². The Bertz CT molecular complexity index is 2400. The molecule has 3 unspecified atom stereocenters. The number of hydrogen-bond donors (Lipinski definition) is 2. The van der Waals surface area contributed by atoms with Crippen molar-refractivity contribution in [2.24, 2.45) is 0 Å². The van der Waals surface area contributed by atoms with Crippen molar-refractivity contribution in [2.45, 2.75) is 388 Å². The topological polar surface area (TPSA) is 134 Å². The highest BCUT2D eigenvalue weighted by molar-refractivity contribution is 7.99. The van der Waals surface area contributed by atoms with Crippen LogP contribution >= 0.6 is 23.5 Å². The van der Waals surface area contributed by atoms with E-state index >= 15 is 4.79 Å². The molecule has 3 rings (SSSR count). The Kier molecular flexibility index (Phi) is 40.3. The number of urea groups is 1. The van der Waals surface area contributed by atoms with Gasteiger partial charge in [0.1, 0.15) is 29.2 Å². The van der Waals surface area contributed by atoms with Crippen molar-refractivity contribution in [1.29, 1.82) is 0 Å². The zero-order chi connectivity index (χ0) is 69.8. The molecule has 2 aromatic carbocycles. The molecular formula is C82H142N2O8S2. The number of nitrogens with zero attached hydrogens (tertiary/aromatic N) is 2. The molecule has 94 heavy (non-hydrogen) atoms. The van der Waals surface area contributed by atoms with Gasteiger partial charge in [0.2, 0.25) is 0 Å². The van der Waals surface area contributed by atoms with Gasteiger partial charge in [-0.05, 0) is 106 Å². The number of unbranched alkanes of at least 4 members (excludes halogenated alkanes) is 30. The van der Waals surface area contributed by atoms with Gasteiger partial charge < -0.3 is 24.6 Å². The number of benzene rings is 2. The Labute approximate surface area is 585 Å². The van der Waals surface area contributed by atoms with Crippen LogP contribution in [0.25, 0.3) is 0 Å². The van der Waals surface area contributed by atoms with Crippen LogP contribution in [0.5, 0.6) is 11.5 Å². The SMILES string of the molecule is CCCCCCCCCCCCCCCCCCSCC(CN1C(=O)N(CC(CSCCCCCCCCCCCCCCCCCC)OC(=O)CCc2cc(C(C)(C)C)c(O)c(C(C)(C)C)c2)C(C)(CC)C1=O)OC(=O)CCc1cc(C(C)(C)C)c(O)c(C(C)(C)C)c1. The van der Waals surface area contributed by atoms with E-state index in [9.17, 15) is 24.6 Å². The molecule has 3 amide bonds. The second-order valence-corrected chi connectivity index (χ2v) is 34.8. The zero-order valence-electron chi connectivity index (χ0n) is 63.4. The molecule has 540 valence electrons. The normalized spacial score (nSPS) is 15.6. The molecule has 0 bridgehead atoms. The molecule has 1 aliphatic rings. The molecule has 0 spiro atoms. The van der Waals surface area contributed by atoms with Crippen LogP contribution in [-0.4, -0.2) is 97.7 Å². The van der Waals surface area contributed by atoms with Gasteiger partial charge in [0.25, 0.3) is 5.91 Å². The summed E-state index contributed by atoms with van der Waals surface area (Å²) in [6.07, 6.45) is 41.9. The highest BCUT2D eigenvalue weighted by Gasteiger charge is 2.54. The number of carbonyl (C=O) groups excluding carboxylic acids is 4. The van der Waals surface area contributed by atoms with Gasteiger partial charge in [0.05, 0.1) is 13.1 Å². The quantitative estimate of drug-likeness (QED) is 0.0375. The lowest BCUT2D eigenvalue weighted by Gasteiger charge is -2.33. The summed E-state index contributed by atoms with van der Waals surface area (Å²) < 4.78 is 12.8. The fourth-order valence-electron chi connectivity index (χ4n) is 13.2. The third kappa shape index (κ3) is 32.1. The first-order chi connectivity index (χ1) is 44.5. The first kappa shape index (κ1) is 84.8. The van der Waals surface area contributed by atoms with Crippen molar-refractivity contribution in [3.05, 3.63) is 57.6 Å². The highest BCUT2D eigenvalue weighted by atomic mass is 32.2. The molecule has 1 aliphatic heterocycles. The zero-order valence-corrected chi connectivity index (χ0v) is 65.1. The molecule has 0 aromatic heterocycles. The van der Waals surface area contributed by atoms with E-state index in [1.54, 1.807) is 28.4 Å².